The summed E-state index contributed by atoms with van der Waals surface area (Å²) in [6, 6.07) is 0. The number of allylic oxidation sites excluding steroid dienone is 1. The fraction of sp³-hybridized carbons (Fsp3) is 0.100. The molecule has 1 aromatic heterocycles. The van der Waals surface area contributed by atoms with Crippen molar-refractivity contribution in [2.75, 3.05) is 0 Å². The summed E-state index contributed by atoms with van der Waals surface area (Å²) in [4.78, 5) is 27.0. The zero-order valence-electron chi connectivity index (χ0n) is 8.49. The summed E-state index contributed by atoms with van der Waals surface area (Å²) in [6.45, 7) is 2.04. The quantitative estimate of drug-likeness (QED) is 0.678. The van der Waals surface area contributed by atoms with Gasteiger partial charge < -0.3 is 0 Å². The Hall–Kier alpha value is -1.95. The number of aryl methyl sites for hydroxylation is 1. The average Bonchev–Trinajstić information content (AvgIpc) is 2.90. The van der Waals surface area contributed by atoms with Gasteiger partial charge in [0.1, 0.15) is 6.34 Å². The van der Waals surface area contributed by atoms with Crippen molar-refractivity contribution in [2.24, 2.45) is 15.0 Å². The van der Waals surface area contributed by atoms with Crippen molar-refractivity contribution >= 4 is 35.6 Å². The molecule has 3 rings (SSSR count). The molecule has 3 heterocycles. The fourth-order valence-corrected chi connectivity index (χ4v) is 1.49. The standard InChI is InChI=1S/C6H3N3O.C4H5NS/c10-6-4-1-2-7-5(4)8-3-9-6;1-4-2-5-3-6-4/h1-3H;2-3H,1H3. The minimum Gasteiger partial charge on any atom is -0.267 e. The van der Waals surface area contributed by atoms with E-state index < -0.39 is 0 Å². The maximum Gasteiger partial charge on any atom is 0.282 e. The second-order valence-corrected chi connectivity index (χ2v) is 4.06. The van der Waals surface area contributed by atoms with E-state index in [9.17, 15) is 4.79 Å². The van der Waals surface area contributed by atoms with Crippen LogP contribution in [0.15, 0.2) is 38.3 Å². The number of amides is 1. The van der Waals surface area contributed by atoms with E-state index in [1.807, 2.05) is 18.6 Å². The van der Waals surface area contributed by atoms with E-state index in [-0.39, 0.29) is 5.91 Å². The van der Waals surface area contributed by atoms with Crippen molar-refractivity contribution in [1.29, 1.82) is 0 Å². The summed E-state index contributed by atoms with van der Waals surface area (Å²) in [7, 11) is 0. The molecule has 0 saturated carbocycles. The number of carbonyl (C=O) groups excluding carboxylic acids is 1. The van der Waals surface area contributed by atoms with E-state index in [4.69, 9.17) is 0 Å². The van der Waals surface area contributed by atoms with Gasteiger partial charge in [0.2, 0.25) is 0 Å². The van der Waals surface area contributed by atoms with Gasteiger partial charge in [-0.2, -0.15) is 4.99 Å². The predicted molar refractivity (Wildman–Crippen MR) is 64.4 cm³/mol. The first kappa shape index (κ1) is 10.6. The number of aliphatic imine (C=N–C) groups is 3. The third-order valence-corrected chi connectivity index (χ3v) is 2.52. The van der Waals surface area contributed by atoms with Gasteiger partial charge in [-0.1, -0.05) is 0 Å². The molecule has 0 aliphatic carbocycles. The normalized spacial score (nSPS) is 16.2. The molecule has 0 fully saturated rings. The molecule has 0 bridgehead atoms. The molecule has 1 aromatic rings. The molecule has 2 aliphatic heterocycles. The SMILES string of the molecule is Cc1cncs1.O=C1N=CN=C2N=CC=C12. The molecule has 0 aromatic carbocycles. The van der Waals surface area contributed by atoms with Crippen LogP contribution in [0.3, 0.4) is 0 Å². The molecular weight excluding hydrogens is 224 g/mol. The van der Waals surface area contributed by atoms with E-state index >= 15 is 0 Å². The van der Waals surface area contributed by atoms with Crippen LogP contribution in [0.25, 0.3) is 0 Å². The Morgan fingerprint density at radius 3 is 2.75 bits per heavy atom. The van der Waals surface area contributed by atoms with Crippen LogP contribution in [0, 0.1) is 6.92 Å². The highest BCUT2D eigenvalue weighted by molar-refractivity contribution is 7.09. The Labute approximate surface area is 96.0 Å². The number of thiazole rings is 1. The molecule has 6 heteroatoms. The molecule has 80 valence electrons. The van der Waals surface area contributed by atoms with E-state index in [0.29, 0.717) is 11.4 Å². The summed E-state index contributed by atoms with van der Waals surface area (Å²) in [6.07, 6.45) is 6.22. The number of aromatic nitrogens is 1. The van der Waals surface area contributed by atoms with Gasteiger partial charge in [0, 0.05) is 17.3 Å². The number of hydrogen-bond acceptors (Lipinski definition) is 5. The molecule has 0 spiro atoms. The van der Waals surface area contributed by atoms with Crippen molar-refractivity contribution in [2.45, 2.75) is 6.92 Å². The zero-order valence-corrected chi connectivity index (χ0v) is 9.31. The molecular formula is C10H8N4OS. The maximum atomic E-state index is 10.8. The van der Waals surface area contributed by atoms with Crippen LogP contribution in [0.4, 0.5) is 0 Å². The fourth-order valence-electron chi connectivity index (χ4n) is 1.08. The third kappa shape index (κ3) is 2.34. The Morgan fingerprint density at radius 1 is 1.31 bits per heavy atom. The first-order chi connectivity index (χ1) is 7.77. The third-order valence-electron chi connectivity index (χ3n) is 1.82. The van der Waals surface area contributed by atoms with Crippen LogP contribution >= 0.6 is 11.3 Å². The van der Waals surface area contributed by atoms with Crippen LogP contribution < -0.4 is 0 Å². The number of hydrogen-bond donors (Lipinski definition) is 0. The van der Waals surface area contributed by atoms with E-state index in [0.717, 1.165) is 0 Å². The highest BCUT2D eigenvalue weighted by Crippen LogP contribution is 2.09. The molecule has 0 saturated heterocycles. The van der Waals surface area contributed by atoms with Crippen molar-refractivity contribution in [3.63, 3.8) is 0 Å². The Kier molecular flexibility index (Phi) is 3.11. The van der Waals surface area contributed by atoms with Crippen LogP contribution in [-0.4, -0.2) is 29.3 Å². The van der Waals surface area contributed by atoms with E-state index in [1.165, 1.54) is 11.2 Å². The van der Waals surface area contributed by atoms with Gasteiger partial charge in [-0.25, -0.2) is 9.98 Å². The zero-order chi connectivity index (χ0) is 11.4. The van der Waals surface area contributed by atoms with Crippen molar-refractivity contribution in [1.82, 2.24) is 4.98 Å². The molecule has 5 nitrogen and oxygen atoms in total. The second kappa shape index (κ2) is 4.71. The summed E-state index contributed by atoms with van der Waals surface area (Å²) in [5.41, 5.74) is 2.32. The number of rotatable bonds is 0. The van der Waals surface area contributed by atoms with Gasteiger partial charge in [-0.3, -0.25) is 9.78 Å². The van der Waals surface area contributed by atoms with Gasteiger partial charge in [0.15, 0.2) is 5.84 Å². The van der Waals surface area contributed by atoms with Crippen LogP contribution in [0.2, 0.25) is 0 Å². The Balaban J connectivity index is 0.000000138. The maximum absolute atomic E-state index is 10.8. The molecule has 0 atom stereocenters. The van der Waals surface area contributed by atoms with E-state index in [1.54, 1.807) is 23.6 Å². The van der Waals surface area contributed by atoms with Gasteiger partial charge in [-0.15, -0.1) is 11.3 Å². The van der Waals surface area contributed by atoms with Gasteiger partial charge in [0.25, 0.3) is 5.91 Å². The highest BCUT2D eigenvalue weighted by Gasteiger charge is 2.19. The largest absolute Gasteiger partial charge is 0.282 e. The molecule has 2 aliphatic rings. The number of amidine groups is 1. The lowest BCUT2D eigenvalue weighted by Gasteiger charge is -1.98. The summed E-state index contributed by atoms with van der Waals surface area (Å²) in [5.74, 6) is 0.211. The molecule has 0 radical (unpaired) electrons. The van der Waals surface area contributed by atoms with Gasteiger partial charge in [0.05, 0.1) is 11.1 Å². The smallest absolute Gasteiger partial charge is 0.267 e. The average molecular weight is 232 g/mol. The van der Waals surface area contributed by atoms with Gasteiger partial charge in [-0.05, 0) is 13.0 Å². The predicted octanol–water partition coefficient (Wildman–Crippen LogP) is 1.42. The van der Waals surface area contributed by atoms with E-state index in [2.05, 4.69) is 20.0 Å². The first-order valence-electron chi connectivity index (χ1n) is 4.52. The summed E-state index contributed by atoms with van der Waals surface area (Å²) >= 11 is 1.67. The van der Waals surface area contributed by atoms with Crippen molar-refractivity contribution < 1.29 is 4.79 Å². The number of fused-ring (bicyclic) bond motifs is 1. The second-order valence-electron chi connectivity index (χ2n) is 2.97. The van der Waals surface area contributed by atoms with Crippen molar-refractivity contribution in [3.05, 3.63) is 28.2 Å². The summed E-state index contributed by atoms with van der Waals surface area (Å²) < 4.78 is 0. The Bertz CT molecular complexity index is 505. The minimum absolute atomic E-state index is 0.262. The van der Waals surface area contributed by atoms with Gasteiger partial charge >= 0.3 is 0 Å². The summed E-state index contributed by atoms with van der Waals surface area (Å²) in [5, 5.41) is 0. The molecule has 1 amide bonds. The van der Waals surface area contributed by atoms with Crippen LogP contribution in [0.1, 0.15) is 4.88 Å². The lowest BCUT2D eigenvalue weighted by molar-refractivity contribution is -0.113. The molecule has 16 heavy (non-hydrogen) atoms. The lowest BCUT2D eigenvalue weighted by atomic mass is 10.2. The van der Waals surface area contributed by atoms with Crippen LogP contribution in [-0.2, 0) is 4.79 Å². The topological polar surface area (TPSA) is 67.0 Å². The molecule has 0 unspecified atom stereocenters. The monoisotopic (exact) mass is 232 g/mol. The molecule has 0 N–H and O–H groups in total. The number of carbonyl (C=O) groups is 1. The minimum atomic E-state index is -0.262. The number of nitrogens with zero attached hydrogens (tertiary/aromatic N) is 4. The van der Waals surface area contributed by atoms with Crippen molar-refractivity contribution in [3.8, 4) is 0 Å². The highest BCUT2D eigenvalue weighted by atomic mass is 32.1. The lowest BCUT2D eigenvalue weighted by Crippen LogP contribution is -2.10. The van der Waals surface area contributed by atoms with Crippen LogP contribution in [0.5, 0.6) is 0 Å². The first-order valence-corrected chi connectivity index (χ1v) is 5.40. The Morgan fingerprint density at radius 2 is 2.19 bits per heavy atom.